The Kier molecular flexibility index (Phi) is 4.20. The van der Waals surface area contributed by atoms with Gasteiger partial charge in [-0.05, 0) is 27.0 Å². The molecule has 1 amide bonds. The molecule has 0 N–H and O–H groups in total. The van der Waals surface area contributed by atoms with Crippen molar-refractivity contribution in [2.45, 2.75) is 19.4 Å². The van der Waals surface area contributed by atoms with Gasteiger partial charge in [0.25, 0.3) is 11.6 Å². The minimum Gasteiger partial charge on any atom is -0.335 e. The lowest BCUT2D eigenvalue weighted by Crippen LogP contribution is -2.58. The average Bonchev–Trinajstić information content (AvgIpc) is 2.41. The molecule has 2 rings (SSSR count). The van der Waals surface area contributed by atoms with E-state index < -0.39 is 4.92 Å². The number of nitro benzene ring substituents is 1. The highest BCUT2D eigenvalue weighted by atomic mass is 35.5. The fourth-order valence-electron chi connectivity index (χ4n) is 2.37. The first kappa shape index (κ1) is 15.7. The number of nitrogens with zero attached hydrogens (tertiary/aromatic N) is 3. The Hall–Kier alpha value is -1.66. The van der Waals surface area contributed by atoms with E-state index in [1.807, 2.05) is 7.05 Å². The highest BCUT2D eigenvalue weighted by Gasteiger charge is 2.34. The zero-order valence-electron chi connectivity index (χ0n) is 12.3. The van der Waals surface area contributed by atoms with Crippen molar-refractivity contribution in [3.63, 3.8) is 0 Å². The number of likely N-dealkylation sites (N-methyl/N-ethyl adjacent to an activating group) is 1. The molecule has 6 nitrogen and oxygen atoms in total. The van der Waals surface area contributed by atoms with Crippen LogP contribution in [0.4, 0.5) is 5.69 Å². The highest BCUT2D eigenvalue weighted by molar-refractivity contribution is 6.33. The van der Waals surface area contributed by atoms with E-state index >= 15 is 0 Å². The molecule has 0 unspecified atom stereocenters. The molecule has 1 aliphatic rings. The van der Waals surface area contributed by atoms with Gasteiger partial charge in [0, 0.05) is 37.3 Å². The number of nitro groups is 1. The zero-order valence-corrected chi connectivity index (χ0v) is 13.1. The van der Waals surface area contributed by atoms with Gasteiger partial charge in [-0.25, -0.2) is 0 Å². The Morgan fingerprint density at radius 2 is 2.05 bits per heavy atom. The maximum Gasteiger partial charge on any atom is 0.270 e. The van der Waals surface area contributed by atoms with Crippen molar-refractivity contribution in [1.82, 2.24) is 9.80 Å². The van der Waals surface area contributed by atoms with Crippen molar-refractivity contribution < 1.29 is 9.72 Å². The fraction of sp³-hybridized carbons (Fsp3) is 0.500. The van der Waals surface area contributed by atoms with Crippen LogP contribution in [-0.4, -0.2) is 52.9 Å². The summed E-state index contributed by atoms with van der Waals surface area (Å²) in [6.07, 6.45) is 0. The van der Waals surface area contributed by atoms with Crippen molar-refractivity contribution in [2.75, 3.05) is 26.7 Å². The number of amides is 1. The summed E-state index contributed by atoms with van der Waals surface area (Å²) in [5, 5.41) is 11.1. The standard InChI is InChI=1S/C14H18ClN3O3/c1-14(2)9-17(7-6-16(14)3)13(19)11-8-10(18(20)21)4-5-12(11)15/h4-5,8H,6-7,9H2,1-3H3. The third kappa shape index (κ3) is 3.16. The van der Waals surface area contributed by atoms with E-state index in [-0.39, 0.29) is 27.7 Å². The Morgan fingerprint density at radius 3 is 2.62 bits per heavy atom. The van der Waals surface area contributed by atoms with Crippen molar-refractivity contribution in [3.05, 3.63) is 38.9 Å². The lowest BCUT2D eigenvalue weighted by Gasteiger charge is -2.45. The molecule has 0 spiro atoms. The number of carbonyl (C=O) groups excluding carboxylic acids is 1. The normalized spacial score (nSPS) is 18.6. The Bertz CT molecular complexity index is 589. The molecular formula is C14H18ClN3O3. The SMILES string of the molecule is CN1CCN(C(=O)c2cc([N+](=O)[O-])ccc2Cl)CC1(C)C. The van der Waals surface area contributed by atoms with Gasteiger partial charge >= 0.3 is 0 Å². The van der Waals surface area contributed by atoms with Gasteiger partial charge in [0.2, 0.25) is 0 Å². The molecule has 1 heterocycles. The van der Waals surface area contributed by atoms with E-state index in [1.165, 1.54) is 18.2 Å². The topological polar surface area (TPSA) is 66.7 Å². The Morgan fingerprint density at radius 1 is 1.38 bits per heavy atom. The third-order valence-corrected chi connectivity index (χ3v) is 4.32. The number of halogens is 1. The lowest BCUT2D eigenvalue weighted by molar-refractivity contribution is -0.384. The fourth-order valence-corrected chi connectivity index (χ4v) is 2.57. The summed E-state index contributed by atoms with van der Waals surface area (Å²) in [7, 11) is 2.02. The molecule has 0 aromatic heterocycles. The minimum atomic E-state index is -0.527. The molecule has 21 heavy (non-hydrogen) atoms. The molecule has 0 bridgehead atoms. The molecule has 0 atom stereocenters. The molecule has 7 heteroatoms. The number of hydrogen-bond donors (Lipinski definition) is 0. The van der Waals surface area contributed by atoms with Crippen molar-refractivity contribution in [2.24, 2.45) is 0 Å². The van der Waals surface area contributed by atoms with E-state index in [1.54, 1.807) is 4.90 Å². The second kappa shape index (κ2) is 5.61. The van der Waals surface area contributed by atoms with Crippen LogP contribution in [-0.2, 0) is 0 Å². The number of benzene rings is 1. The predicted octanol–water partition coefficient (Wildman–Crippen LogP) is 2.41. The van der Waals surface area contributed by atoms with Gasteiger partial charge < -0.3 is 4.90 Å². The maximum atomic E-state index is 12.6. The van der Waals surface area contributed by atoms with E-state index in [2.05, 4.69) is 18.7 Å². The largest absolute Gasteiger partial charge is 0.335 e. The van der Waals surface area contributed by atoms with Crippen LogP contribution in [0.1, 0.15) is 24.2 Å². The van der Waals surface area contributed by atoms with Gasteiger partial charge in [0.1, 0.15) is 0 Å². The Labute approximate surface area is 128 Å². The second-order valence-electron chi connectivity index (χ2n) is 5.88. The first-order chi connectivity index (χ1) is 9.72. The zero-order chi connectivity index (χ0) is 15.8. The van der Waals surface area contributed by atoms with Crippen LogP contribution in [0, 0.1) is 10.1 Å². The number of piperazine rings is 1. The summed E-state index contributed by atoms with van der Waals surface area (Å²) in [6.45, 7) is 6.01. The van der Waals surface area contributed by atoms with Crippen molar-refractivity contribution >= 4 is 23.2 Å². The van der Waals surface area contributed by atoms with Crippen LogP contribution in [0.25, 0.3) is 0 Å². The molecule has 1 fully saturated rings. The second-order valence-corrected chi connectivity index (χ2v) is 6.29. The highest BCUT2D eigenvalue weighted by Crippen LogP contribution is 2.26. The van der Waals surface area contributed by atoms with Crippen molar-refractivity contribution in [1.29, 1.82) is 0 Å². The minimum absolute atomic E-state index is 0.129. The quantitative estimate of drug-likeness (QED) is 0.621. The molecule has 0 saturated carbocycles. The molecule has 1 aromatic carbocycles. The Balaban J connectivity index is 2.28. The molecule has 1 saturated heterocycles. The van der Waals surface area contributed by atoms with Crippen LogP contribution in [0.5, 0.6) is 0 Å². The van der Waals surface area contributed by atoms with Gasteiger partial charge in [0.05, 0.1) is 15.5 Å². The van der Waals surface area contributed by atoms with Crippen LogP contribution >= 0.6 is 11.6 Å². The van der Waals surface area contributed by atoms with Crippen LogP contribution in [0.2, 0.25) is 5.02 Å². The number of rotatable bonds is 2. The van der Waals surface area contributed by atoms with Gasteiger partial charge in [-0.3, -0.25) is 19.8 Å². The summed E-state index contributed by atoms with van der Waals surface area (Å²) in [5.41, 5.74) is -0.0801. The predicted molar refractivity (Wildman–Crippen MR) is 80.7 cm³/mol. The van der Waals surface area contributed by atoms with Gasteiger partial charge in [0.15, 0.2) is 0 Å². The van der Waals surface area contributed by atoms with Gasteiger partial charge in [-0.1, -0.05) is 11.6 Å². The van der Waals surface area contributed by atoms with E-state index in [0.29, 0.717) is 13.1 Å². The van der Waals surface area contributed by atoms with Crippen LogP contribution in [0.3, 0.4) is 0 Å². The molecule has 1 aromatic rings. The van der Waals surface area contributed by atoms with E-state index in [0.717, 1.165) is 6.54 Å². The number of hydrogen-bond acceptors (Lipinski definition) is 4. The molecule has 114 valence electrons. The summed E-state index contributed by atoms with van der Waals surface area (Å²) in [4.78, 5) is 26.8. The monoisotopic (exact) mass is 311 g/mol. The van der Waals surface area contributed by atoms with E-state index in [9.17, 15) is 14.9 Å². The van der Waals surface area contributed by atoms with Gasteiger partial charge in [-0.15, -0.1) is 0 Å². The smallest absolute Gasteiger partial charge is 0.270 e. The summed E-state index contributed by atoms with van der Waals surface area (Å²) in [5.74, 6) is -0.259. The van der Waals surface area contributed by atoms with Crippen molar-refractivity contribution in [3.8, 4) is 0 Å². The molecule has 1 aliphatic heterocycles. The van der Waals surface area contributed by atoms with Crippen LogP contribution < -0.4 is 0 Å². The van der Waals surface area contributed by atoms with Gasteiger partial charge in [-0.2, -0.15) is 0 Å². The summed E-state index contributed by atoms with van der Waals surface area (Å²) in [6, 6.07) is 3.94. The molecular weight excluding hydrogens is 294 g/mol. The maximum absolute atomic E-state index is 12.6. The number of non-ortho nitro benzene ring substituents is 1. The molecule has 0 radical (unpaired) electrons. The molecule has 0 aliphatic carbocycles. The third-order valence-electron chi connectivity index (χ3n) is 3.99. The summed E-state index contributed by atoms with van der Waals surface area (Å²) < 4.78 is 0. The summed E-state index contributed by atoms with van der Waals surface area (Å²) >= 11 is 6.03. The first-order valence-corrected chi connectivity index (χ1v) is 7.04. The lowest BCUT2D eigenvalue weighted by atomic mass is 9.99. The first-order valence-electron chi connectivity index (χ1n) is 6.67. The van der Waals surface area contributed by atoms with Crippen LogP contribution in [0.15, 0.2) is 18.2 Å². The number of carbonyl (C=O) groups is 1. The average molecular weight is 312 g/mol. The van der Waals surface area contributed by atoms with E-state index in [4.69, 9.17) is 11.6 Å².